The van der Waals surface area contributed by atoms with Crippen LogP contribution in [0.5, 0.6) is 0 Å². The van der Waals surface area contributed by atoms with Gasteiger partial charge >= 0.3 is 0 Å². The number of benzene rings is 1. The van der Waals surface area contributed by atoms with Gasteiger partial charge in [-0.2, -0.15) is 5.10 Å². The van der Waals surface area contributed by atoms with Gasteiger partial charge in [0.05, 0.1) is 5.69 Å². The molecule has 2 aromatic heterocycles. The van der Waals surface area contributed by atoms with Crippen molar-refractivity contribution < 1.29 is 4.79 Å². The molecule has 0 fully saturated rings. The summed E-state index contributed by atoms with van der Waals surface area (Å²) in [6.07, 6.45) is 3.39. The molecule has 5 nitrogen and oxygen atoms in total. The van der Waals surface area contributed by atoms with E-state index in [1.165, 1.54) is 0 Å². The fourth-order valence-electron chi connectivity index (χ4n) is 1.85. The Labute approximate surface area is 126 Å². The molecule has 0 aliphatic heterocycles. The van der Waals surface area contributed by atoms with Gasteiger partial charge in [0, 0.05) is 34.6 Å². The van der Waals surface area contributed by atoms with Crippen molar-refractivity contribution in [2.24, 2.45) is 0 Å². The van der Waals surface area contributed by atoms with E-state index in [9.17, 15) is 4.79 Å². The fraction of sp³-hybridized carbons (Fsp3) is 0. The first-order chi connectivity index (χ1) is 10.2. The number of aromatic nitrogens is 3. The van der Waals surface area contributed by atoms with Crippen LogP contribution in [-0.2, 0) is 0 Å². The molecule has 6 heteroatoms. The third-order valence-electron chi connectivity index (χ3n) is 2.92. The molecule has 0 saturated heterocycles. The number of amides is 1. The highest BCUT2D eigenvalue weighted by Crippen LogP contribution is 2.19. The Morgan fingerprint density at radius 3 is 2.52 bits per heavy atom. The van der Waals surface area contributed by atoms with Gasteiger partial charge < -0.3 is 5.32 Å². The van der Waals surface area contributed by atoms with Crippen molar-refractivity contribution in [2.45, 2.75) is 0 Å². The van der Waals surface area contributed by atoms with E-state index < -0.39 is 0 Å². The van der Waals surface area contributed by atoms with Crippen molar-refractivity contribution in [3.05, 3.63) is 65.4 Å². The number of anilines is 1. The molecule has 0 saturated carbocycles. The first-order valence-corrected chi connectivity index (χ1v) is 6.63. The zero-order valence-corrected chi connectivity index (χ0v) is 11.6. The second kappa shape index (κ2) is 5.76. The number of H-pyrrole nitrogens is 1. The minimum Gasteiger partial charge on any atom is -0.305 e. The number of nitrogens with zero attached hydrogens (tertiary/aromatic N) is 2. The zero-order chi connectivity index (χ0) is 14.7. The molecule has 3 aromatic rings. The molecule has 3 rings (SSSR count). The van der Waals surface area contributed by atoms with Crippen LogP contribution < -0.4 is 5.32 Å². The van der Waals surface area contributed by atoms with Crippen LogP contribution in [-0.4, -0.2) is 21.1 Å². The normalized spacial score (nSPS) is 10.3. The van der Waals surface area contributed by atoms with Gasteiger partial charge in [0.2, 0.25) is 0 Å². The molecule has 1 amide bonds. The molecule has 0 radical (unpaired) electrons. The molecule has 21 heavy (non-hydrogen) atoms. The number of halogens is 1. The van der Waals surface area contributed by atoms with Crippen molar-refractivity contribution in [2.75, 3.05) is 5.32 Å². The van der Waals surface area contributed by atoms with Crippen molar-refractivity contribution in [3.8, 4) is 11.3 Å². The lowest BCUT2D eigenvalue weighted by Crippen LogP contribution is -2.11. The van der Waals surface area contributed by atoms with Crippen LogP contribution in [0.3, 0.4) is 0 Å². The highest BCUT2D eigenvalue weighted by molar-refractivity contribution is 6.30. The molecule has 0 unspecified atom stereocenters. The van der Waals surface area contributed by atoms with Crippen molar-refractivity contribution >= 4 is 23.3 Å². The minimum atomic E-state index is -0.237. The Morgan fingerprint density at radius 1 is 1.10 bits per heavy atom. The van der Waals surface area contributed by atoms with E-state index in [2.05, 4.69) is 20.5 Å². The summed E-state index contributed by atoms with van der Waals surface area (Å²) in [5.41, 5.74) is 2.28. The van der Waals surface area contributed by atoms with Crippen LogP contribution >= 0.6 is 11.6 Å². The van der Waals surface area contributed by atoms with Crippen molar-refractivity contribution in [1.29, 1.82) is 0 Å². The Morgan fingerprint density at radius 2 is 1.81 bits per heavy atom. The number of pyridine rings is 1. The van der Waals surface area contributed by atoms with E-state index in [-0.39, 0.29) is 5.91 Å². The highest BCUT2D eigenvalue weighted by Gasteiger charge is 2.09. The molecule has 104 valence electrons. The minimum absolute atomic E-state index is 0.237. The molecule has 2 heterocycles. The summed E-state index contributed by atoms with van der Waals surface area (Å²) in [6.45, 7) is 0. The Balaban J connectivity index is 1.75. The van der Waals surface area contributed by atoms with E-state index in [4.69, 9.17) is 11.6 Å². The molecule has 0 spiro atoms. The molecule has 0 aliphatic rings. The lowest BCUT2D eigenvalue weighted by Gasteiger charge is -2.01. The van der Waals surface area contributed by atoms with Crippen LogP contribution in [0.4, 0.5) is 5.82 Å². The Hall–Kier alpha value is -2.66. The van der Waals surface area contributed by atoms with Crippen molar-refractivity contribution in [3.63, 3.8) is 0 Å². The summed E-state index contributed by atoms with van der Waals surface area (Å²) < 4.78 is 0. The maximum Gasteiger partial charge on any atom is 0.256 e. The number of carbonyl (C=O) groups is 1. The molecule has 0 bridgehead atoms. The van der Waals surface area contributed by atoms with Crippen molar-refractivity contribution in [1.82, 2.24) is 15.2 Å². The number of aromatic amines is 1. The predicted molar refractivity (Wildman–Crippen MR) is 81.2 cm³/mol. The van der Waals surface area contributed by atoms with Crippen LogP contribution in [0.2, 0.25) is 5.02 Å². The predicted octanol–water partition coefficient (Wildman–Crippen LogP) is 3.38. The molecular weight excluding hydrogens is 288 g/mol. The summed E-state index contributed by atoms with van der Waals surface area (Å²) in [5, 5.41) is 10.3. The van der Waals surface area contributed by atoms with Gasteiger partial charge in [-0.3, -0.25) is 14.9 Å². The summed E-state index contributed by atoms with van der Waals surface area (Å²) in [6, 6.07) is 12.1. The average molecular weight is 299 g/mol. The first-order valence-electron chi connectivity index (χ1n) is 6.25. The van der Waals surface area contributed by atoms with Gasteiger partial charge in [0.1, 0.15) is 0 Å². The van der Waals surface area contributed by atoms with E-state index in [0.29, 0.717) is 16.4 Å². The van der Waals surface area contributed by atoms with Gasteiger partial charge in [-0.1, -0.05) is 11.6 Å². The average Bonchev–Trinajstić information content (AvgIpc) is 2.97. The summed E-state index contributed by atoms with van der Waals surface area (Å²) in [4.78, 5) is 16.0. The van der Waals surface area contributed by atoms with E-state index in [1.54, 1.807) is 42.7 Å². The molecule has 1 aromatic carbocycles. The zero-order valence-electron chi connectivity index (χ0n) is 10.9. The summed E-state index contributed by atoms with van der Waals surface area (Å²) in [7, 11) is 0. The van der Waals surface area contributed by atoms with Gasteiger partial charge in [-0.05, 0) is 36.4 Å². The highest BCUT2D eigenvalue weighted by atomic mass is 35.5. The van der Waals surface area contributed by atoms with Crippen LogP contribution in [0.25, 0.3) is 11.3 Å². The molecule has 2 N–H and O–H groups in total. The molecular formula is C15H11ClN4O. The monoisotopic (exact) mass is 298 g/mol. The second-order valence-corrected chi connectivity index (χ2v) is 4.80. The Bertz CT molecular complexity index is 753. The number of carbonyl (C=O) groups excluding carboxylic acids is 1. The topological polar surface area (TPSA) is 70.7 Å². The number of hydrogen-bond acceptors (Lipinski definition) is 3. The van der Waals surface area contributed by atoms with E-state index >= 15 is 0 Å². The maximum atomic E-state index is 12.1. The lowest BCUT2D eigenvalue weighted by atomic mass is 10.2. The molecule has 0 aliphatic carbocycles. The van der Waals surface area contributed by atoms with Crippen LogP contribution in [0.15, 0.2) is 54.9 Å². The number of nitrogens with one attached hydrogen (secondary N) is 2. The number of rotatable bonds is 3. The quantitative estimate of drug-likeness (QED) is 0.778. The summed E-state index contributed by atoms with van der Waals surface area (Å²) >= 11 is 5.79. The van der Waals surface area contributed by atoms with Crippen LogP contribution in [0, 0.1) is 0 Å². The van der Waals surface area contributed by atoms with Gasteiger partial charge in [0.15, 0.2) is 5.82 Å². The Kier molecular flexibility index (Phi) is 3.66. The van der Waals surface area contributed by atoms with E-state index in [1.807, 2.05) is 12.1 Å². The molecule has 0 atom stereocenters. The largest absolute Gasteiger partial charge is 0.305 e. The third-order valence-corrected chi connectivity index (χ3v) is 3.17. The van der Waals surface area contributed by atoms with Crippen LogP contribution in [0.1, 0.15) is 10.4 Å². The number of hydrogen-bond donors (Lipinski definition) is 2. The van der Waals surface area contributed by atoms with Gasteiger partial charge in [-0.15, -0.1) is 0 Å². The SMILES string of the molecule is O=C(Nc1cc(-c2ccncc2)[nH]n1)c1ccc(Cl)cc1. The van der Waals surface area contributed by atoms with Gasteiger partial charge in [-0.25, -0.2) is 0 Å². The lowest BCUT2D eigenvalue weighted by molar-refractivity contribution is 0.102. The second-order valence-electron chi connectivity index (χ2n) is 4.36. The summed E-state index contributed by atoms with van der Waals surface area (Å²) in [5.74, 6) is 0.223. The fourth-order valence-corrected chi connectivity index (χ4v) is 1.98. The third kappa shape index (κ3) is 3.09. The maximum absolute atomic E-state index is 12.1. The standard InChI is InChI=1S/C15H11ClN4O/c16-12-3-1-11(2-4-12)15(21)18-14-9-13(19-20-14)10-5-7-17-8-6-10/h1-9H,(H2,18,19,20,21). The van der Waals surface area contributed by atoms with E-state index in [0.717, 1.165) is 11.3 Å². The smallest absolute Gasteiger partial charge is 0.256 e. The van der Waals surface area contributed by atoms with Gasteiger partial charge in [0.25, 0.3) is 5.91 Å². The first kappa shape index (κ1) is 13.3.